The van der Waals surface area contributed by atoms with Crippen LogP contribution in [0.4, 0.5) is 5.69 Å². The van der Waals surface area contributed by atoms with Gasteiger partial charge in [-0.1, -0.05) is 30.3 Å². The normalized spacial score (nSPS) is 15.0. The minimum absolute atomic E-state index is 0.104. The first-order valence-corrected chi connectivity index (χ1v) is 7.95. The summed E-state index contributed by atoms with van der Waals surface area (Å²) in [6, 6.07) is 13.5. The highest BCUT2D eigenvalue weighted by Gasteiger charge is 2.34. The zero-order chi connectivity index (χ0) is 19.4. The highest BCUT2D eigenvalue weighted by Crippen LogP contribution is 2.33. The van der Waals surface area contributed by atoms with Crippen LogP contribution in [0.15, 0.2) is 54.1 Å². The maximum atomic E-state index is 12.7. The molecule has 0 spiro atoms. The third-order valence-corrected chi connectivity index (χ3v) is 3.77. The zero-order valence-electron chi connectivity index (χ0n) is 14.3. The fourth-order valence-corrected chi connectivity index (χ4v) is 2.57. The fraction of sp³-hybridized carbons (Fsp3) is 0.105. The van der Waals surface area contributed by atoms with E-state index in [2.05, 4.69) is 5.43 Å². The number of hydrogen-bond donors (Lipinski definition) is 2. The van der Waals surface area contributed by atoms with E-state index < -0.39 is 24.4 Å². The number of para-hydroxylation sites is 2. The summed E-state index contributed by atoms with van der Waals surface area (Å²) in [5.74, 6) is -1.84. The number of carboxylic acid groups (broad SMARTS) is 1. The van der Waals surface area contributed by atoms with Crippen molar-refractivity contribution in [2.75, 3.05) is 18.7 Å². The maximum absolute atomic E-state index is 12.7. The molecule has 3 rings (SSSR count). The van der Waals surface area contributed by atoms with Crippen molar-refractivity contribution >= 4 is 29.5 Å². The Morgan fingerprint density at radius 2 is 1.89 bits per heavy atom. The number of nitrogens with zero attached hydrogens (tertiary/aromatic N) is 1. The van der Waals surface area contributed by atoms with Crippen molar-refractivity contribution in [3.05, 3.63) is 59.7 Å². The summed E-state index contributed by atoms with van der Waals surface area (Å²) in [4.78, 5) is 35.8. The summed E-state index contributed by atoms with van der Waals surface area (Å²) in [7, 11) is 1.41. The number of carboxylic acids is 1. The second-order valence-electron chi connectivity index (χ2n) is 5.54. The first-order valence-electron chi connectivity index (χ1n) is 7.95. The predicted octanol–water partition coefficient (Wildman–Crippen LogP) is 1.62. The van der Waals surface area contributed by atoms with Crippen molar-refractivity contribution in [1.29, 1.82) is 0 Å². The summed E-state index contributed by atoms with van der Waals surface area (Å²) in [6.07, 6.45) is 1.35. The Morgan fingerprint density at radius 3 is 2.56 bits per heavy atom. The molecule has 2 aromatic carbocycles. The van der Waals surface area contributed by atoms with Crippen LogP contribution in [-0.4, -0.2) is 36.6 Å². The van der Waals surface area contributed by atoms with Gasteiger partial charge in [-0.25, -0.2) is 9.80 Å². The molecule has 0 unspecified atom stereocenters. The lowest BCUT2D eigenvalue weighted by Crippen LogP contribution is -2.35. The third-order valence-electron chi connectivity index (χ3n) is 3.77. The number of nitrogens with one attached hydrogen (secondary N) is 1. The number of amides is 2. The van der Waals surface area contributed by atoms with Gasteiger partial charge in [0, 0.05) is 5.56 Å². The van der Waals surface area contributed by atoms with Crippen LogP contribution in [0.25, 0.3) is 6.08 Å². The summed E-state index contributed by atoms with van der Waals surface area (Å²) in [6.45, 7) is -0.590. The van der Waals surface area contributed by atoms with Gasteiger partial charge in [0.05, 0.1) is 12.8 Å². The second kappa shape index (κ2) is 7.61. The smallest absolute Gasteiger partial charge is 0.341 e. The molecule has 1 heterocycles. The minimum Gasteiger partial charge on any atom is -0.493 e. The molecule has 8 nitrogen and oxygen atoms in total. The van der Waals surface area contributed by atoms with Gasteiger partial charge in [-0.15, -0.1) is 0 Å². The molecule has 0 saturated carbocycles. The van der Waals surface area contributed by atoms with Gasteiger partial charge in [0.2, 0.25) is 0 Å². The SMILES string of the molecule is COc1cccc(C=C2C(=O)NN(c3ccccc3)C2=O)c1OCC(=O)O. The van der Waals surface area contributed by atoms with Crippen molar-refractivity contribution in [3.8, 4) is 11.5 Å². The monoisotopic (exact) mass is 368 g/mol. The number of hydrogen-bond acceptors (Lipinski definition) is 5. The van der Waals surface area contributed by atoms with E-state index in [9.17, 15) is 14.4 Å². The molecule has 138 valence electrons. The Bertz CT molecular complexity index is 923. The number of carbonyl (C=O) groups excluding carboxylic acids is 2. The van der Waals surface area contributed by atoms with Gasteiger partial charge in [0.1, 0.15) is 5.57 Å². The molecule has 1 aliphatic heterocycles. The van der Waals surface area contributed by atoms with E-state index in [1.165, 1.54) is 13.2 Å². The number of benzene rings is 2. The van der Waals surface area contributed by atoms with E-state index in [-0.39, 0.29) is 17.1 Å². The summed E-state index contributed by atoms with van der Waals surface area (Å²) in [5, 5.41) is 10.00. The van der Waals surface area contributed by atoms with E-state index >= 15 is 0 Å². The third kappa shape index (κ3) is 3.74. The molecule has 1 saturated heterocycles. The topological polar surface area (TPSA) is 105 Å². The molecule has 0 aromatic heterocycles. The van der Waals surface area contributed by atoms with E-state index in [1.54, 1.807) is 48.5 Å². The van der Waals surface area contributed by atoms with Gasteiger partial charge in [-0.05, 0) is 24.3 Å². The van der Waals surface area contributed by atoms with E-state index in [0.717, 1.165) is 5.01 Å². The van der Waals surface area contributed by atoms with Crippen LogP contribution in [0.3, 0.4) is 0 Å². The van der Waals surface area contributed by atoms with Gasteiger partial charge in [0.15, 0.2) is 18.1 Å². The predicted molar refractivity (Wildman–Crippen MR) is 96.2 cm³/mol. The van der Waals surface area contributed by atoms with Crippen LogP contribution in [0.5, 0.6) is 11.5 Å². The van der Waals surface area contributed by atoms with Crippen molar-refractivity contribution in [2.45, 2.75) is 0 Å². The largest absolute Gasteiger partial charge is 0.493 e. The minimum atomic E-state index is -1.16. The molecule has 0 aliphatic carbocycles. The molecular weight excluding hydrogens is 352 g/mol. The van der Waals surface area contributed by atoms with Crippen molar-refractivity contribution < 1.29 is 29.0 Å². The quantitative estimate of drug-likeness (QED) is 0.593. The molecule has 8 heteroatoms. The fourth-order valence-electron chi connectivity index (χ4n) is 2.57. The lowest BCUT2D eigenvalue weighted by molar-refractivity contribution is -0.139. The molecule has 0 bridgehead atoms. The molecule has 2 amide bonds. The van der Waals surface area contributed by atoms with Crippen LogP contribution >= 0.6 is 0 Å². The Labute approximate surface area is 154 Å². The maximum Gasteiger partial charge on any atom is 0.341 e. The Morgan fingerprint density at radius 1 is 1.15 bits per heavy atom. The van der Waals surface area contributed by atoms with Crippen LogP contribution < -0.4 is 19.9 Å². The van der Waals surface area contributed by atoms with E-state index in [0.29, 0.717) is 11.3 Å². The Hall–Kier alpha value is -3.81. The number of anilines is 1. The Kier molecular flexibility index (Phi) is 5.07. The van der Waals surface area contributed by atoms with Crippen LogP contribution in [0, 0.1) is 0 Å². The van der Waals surface area contributed by atoms with Crippen LogP contribution in [0.1, 0.15) is 5.56 Å². The van der Waals surface area contributed by atoms with Gasteiger partial charge in [-0.3, -0.25) is 15.0 Å². The van der Waals surface area contributed by atoms with Crippen molar-refractivity contribution in [2.24, 2.45) is 0 Å². The molecule has 2 N–H and O–H groups in total. The van der Waals surface area contributed by atoms with Crippen LogP contribution in [0.2, 0.25) is 0 Å². The van der Waals surface area contributed by atoms with Gasteiger partial charge >= 0.3 is 5.97 Å². The van der Waals surface area contributed by atoms with Crippen molar-refractivity contribution in [1.82, 2.24) is 5.43 Å². The van der Waals surface area contributed by atoms with E-state index in [4.69, 9.17) is 14.6 Å². The summed E-state index contributed by atoms with van der Waals surface area (Å²) in [5.41, 5.74) is 3.27. The molecule has 0 atom stereocenters. The average Bonchev–Trinajstić information content (AvgIpc) is 2.95. The lowest BCUT2D eigenvalue weighted by Gasteiger charge is -2.14. The number of aliphatic carboxylic acids is 1. The molecule has 0 radical (unpaired) electrons. The molecule has 1 fully saturated rings. The van der Waals surface area contributed by atoms with Gasteiger partial charge in [0.25, 0.3) is 11.8 Å². The average molecular weight is 368 g/mol. The first kappa shape index (κ1) is 18.0. The number of methoxy groups -OCH3 is 1. The lowest BCUT2D eigenvalue weighted by atomic mass is 10.1. The standard InChI is InChI=1S/C19H16N2O6/c1-26-15-9-5-6-12(17(15)27-11-16(22)23)10-14-18(24)20-21(19(14)25)13-7-3-2-4-8-13/h2-10H,11H2,1H3,(H,20,24)(H,22,23). The number of carbonyl (C=O) groups is 3. The molecular formula is C19H16N2O6. The summed E-state index contributed by atoms with van der Waals surface area (Å²) < 4.78 is 10.5. The van der Waals surface area contributed by atoms with E-state index in [1.807, 2.05) is 0 Å². The second-order valence-corrected chi connectivity index (χ2v) is 5.54. The van der Waals surface area contributed by atoms with Crippen LogP contribution in [-0.2, 0) is 14.4 Å². The molecule has 27 heavy (non-hydrogen) atoms. The van der Waals surface area contributed by atoms with Gasteiger partial charge in [-0.2, -0.15) is 0 Å². The number of hydrazine groups is 1. The van der Waals surface area contributed by atoms with Gasteiger partial charge < -0.3 is 14.6 Å². The highest BCUT2D eigenvalue weighted by atomic mass is 16.5. The number of ether oxygens (including phenoxy) is 2. The highest BCUT2D eigenvalue weighted by molar-refractivity contribution is 6.31. The zero-order valence-corrected chi connectivity index (χ0v) is 14.3. The number of rotatable bonds is 6. The molecule has 2 aromatic rings. The summed E-state index contributed by atoms with van der Waals surface area (Å²) >= 11 is 0. The molecule has 1 aliphatic rings. The Balaban J connectivity index is 1.97. The van der Waals surface area contributed by atoms with Crippen molar-refractivity contribution in [3.63, 3.8) is 0 Å². The first-order chi connectivity index (χ1) is 13.0.